The van der Waals surface area contributed by atoms with Gasteiger partial charge in [0.2, 0.25) is 0 Å². The molecule has 2 atom stereocenters. The number of carboxylic acid groups (broad SMARTS) is 1. The lowest BCUT2D eigenvalue weighted by Gasteiger charge is -2.36. The lowest BCUT2D eigenvalue weighted by atomic mass is 10.2. The largest absolute Gasteiger partial charge is 0.497 e. The Kier molecular flexibility index (Phi) is 6.59. The molecule has 0 spiro atoms. The fraction of sp³-hybridized carbons (Fsp3) is 0.429. The Morgan fingerprint density at radius 3 is 2.54 bits per heavy atom. The molecule has 5 nitrogen and oxygen atoms in total. The minimum Gasteiger partial charge on any atom is -0.497 e. The Hall–Kier alpha value is -1.39. The first-order valence-corrected chi connectivity index (χ1v) is 8.63. The van der Waals surface area contributed by atoms with E-state index in [0.29, 0.717) is 11.9 Å². The lowest BCUT2D eigenvalue weighted by molar-refractivity contribution is -0.726. The zero-order valence-corrected chi connectivity index (χ0v) is 14.8. The predicted octanol–water partition coefficient (Wildman–Crippen LogP) is 3.08. The second kappa shape index (κ2) is 7.66. The van der Waals surface area contributed by atoms with Crippen LogP contribution in [0.25, 0.3) is 0 Å². The van der Waals surface area contributed by atoms with Crippen LogP contribution >= 0.6 is 23.7 Å². The number of rotatable bonds is 6. The number of amides is 1. The molecular formula is C14H17F3N2O3S2. The van der Waals surface area contributed by atoms with Crippen LogP contribution in [0, 0.1) is 0 Å². The van der Waals surface area contributed by atoms with Crippen molar-refractivity contribution >= 4 is 36.0 Å². The van der Waals surface area contributed by atoms with Crippen molar-refractivity contribution in [3.05, 3.63) is 29.8 Å². The van der Waals surface area contributed by atoms with Gasteiger partial charge in [0.25, 0.3) is 6.09 Å². The minimum absolute atomic E-state index is 0.0680. The first-order valence-electron chi connectivity index (χ1n) is 6.63. The number of hydrogen-bond donors (Lipinski definition) is 1. The SMILES string of the molecule is CSC(C)(C=NO)C[N+](C)(Sc1cccc(C(F)(F)F)c1)C(=O)[O-]. The Labute approximate surface area is 146 Å². The average Bonchev–Trinajstić information content (AvgIpc) is 2.46. The highest BCUT2D eigenvalue weighted by Crippen LogP contribution is 2.37. The zero-order valence-electron chi connectivity index (χ0n) is 13.2. The van der Waals surface area contributed by atoms with Crippen LogP contribution in [0.4, 0.5) is 18.0 Å². The molecule has 1 rings (SSSR count). The molecule has 1 aromatic carbocycles. The summed E-state index contributed by atoms with van der Waals surface area (Å²) >= 11 is 1.97. The molecule has 0 saturated heterocycles. The molecule has 1 amide bonds. The summed E-state index contributed by atoms with van der Waals surface area (Å²) in [6.45, 7) is 1.59. The van der Waals surface area contributed by atoms with E-state index >= 15 is 0 Å². The minimum atomic E-state index is -4.52. The van der Waals surface area contributed by atoms with E-state index < -0.39 is 26.5 Å². The average molecular weight is 382 g/mol. The van der Waals surface area contributed by atoms with Crippen molar-refractivity contribution < 1.29 is 32.2 Å². The molecular weight excluding hydrogens is 365 g/mol. The van der Waals surface area contributed by atoms with Crippen LogP contribution in [0.1, 0.15) is 12.5 Å². The maximum atomic E-state index is 12.8. The van der Waals surface area contributed by atoms with Gasteiger partial charge in [-0.3, -0.25) is 0 Å². The van der Waals surface area contributed by atoms with Crippen molar-refractivity contribution in [1.82, 2.24) is 0 Å². The fourth-order valence-corrected chi connectivity index (χ4v) is 3.79. The monoisotopic (exact) mass is 382 g/mol. The summed E-state index contributed by atoms with van der Waals surface area (Å²) in [5.41, 5.74) is -0.859. The molecule has 0 radical (unpaired) electrons. The Morgan fingerprint density at radius 1 is 1.46 bits per heavy atom. The van der Waals surface area contributed by atoms with E-state index in [4.69, 9.17) is 5.21 Å². The van der Waals surface area contributed by atoms with Crippen molar-refractivity contribution in [2.24, 2.45) is 5.16 Å². The van der Waals surface area contributed by atoms with Crippen LogP contribution in [0.3, 0.4) is 0 Å². The van der Waals surface area contributed by atoms with Crippen molar-refractivity contribution in [3.8, 4) is 0 Å². The lowest BCUT2D eigenvalue weighted by Crippen LogP contribution is -2.56. The highest BCUT2D eigenvalue weighted by atomic mass is 32.2. The highest BCUT2D eigenvalue weighted by molar-refractivity contribution is 8.00. The highest BCUT2D eigenvalue weighted by Gasteiger charge is 2.38. The van der Waals surface area contributed by atoms with E-state index in [1.807, 2.05) is 0 Å². The van der Waals surface area contributed by atoms with Gasteiger partial charge >= 0.3 is 6.18 Å². The summed E-state index contributed by atoms with van der Waals surface area (Å²) in [6, 6.07) is 4.42. The van der Waals surface area contributed by atoms with Gasteiger partial charge in [0.05, 0.1) is 23.7 Å². The summed E-state index contributed by atoms with van der Waals surface area (Å²) in [5, 5.41) is 23.3. The van der Waals surface area contributed by atoms with Gasteiger partial charge in [0.15, 0.2) is 0 Å². The summed E-state index contributed by atoms with van der Waals surface area (Å²) < 4.78 is 36.8. The van der Waals surface area contributed by atoms with Crippen molar-refractivity contribution in [3.63, 3.8) is 0 Å². The van der Waals surface area contributed by atoms with Crippen LogP contribution in [-0.2, 0) is 6.18 Å². The molecule has 1 aromatic rings. The molecule has 0 saturated carbocycles. The third-order valence-electron chi connectivity index (χ3n) is 3.27. The van der Waals surface area contributed by atoms with E-state index in [2.05, 4.69) is 5.16 Å². The molecule has 0 aliphatic carbocycles. The van der Waals surface area contributed by atoms with E-state index in [1.54, 1.807) is 13.2 Å². The molecule has 10 heteroatoms. The van der Waals surface area contributed by atoms with Crippen LogP contribution in [0.2, 0.25) is 0 Å². The molecule has 24 heavy (non-hydrogen) atoms. The van der Waals surface area contributed by atoms with Gasteiger partial charge in [0, 0.05) is 0 Å². The number of oxime groups is 1. The standard InChI is InChI=1S/C14H17F3N2O3S2/c1-13(23-3,8-18-22)9-19(2,12(20)21)24-11-6-4-5-10(7-11)14(15,16)17/h4-8H,9H2,1-3H3,(H-,20,21,22). The van der Waals surface area contributed by atoms with E-state index in [1.165, 1.54) is 37.2 Å². The Morgan fingerprint density at radius 2 is 2.08 bits per heavy atom. The molecule has 1 N–H and O–H groups in total. The van der Waals surface area contributed by atoms with Gasteiger partial charge < -0.3 is 15.1 Å². The number of carbonyl (C=O) groups is 1. The van der Waals surface area contributed by atoms with Gasteiger partial charge in [-0.05, 0) is 31.4 Å². The van der Waals surface area contributed by atoms with E-state index in [-0.39, 0.29) is 11.4 Å². The van der Waals surface area contributed by atoms with E-state index in [0.717, 1.165) is 12.1 Å². The van der Waals surface area contributed by atoms with Gasteiger partial charge in [-0.15, -0.1) is 16.9 Å². The van der Waals surface area contributed by atoms with Gasteiger partial charge in [-0.2, -0.15) is 13.2 Å². The Balaban J connectivity index is 3.16. The number of thioether (sulfide) groups is 1. The first kappa shape index (κ1) is 20.7. The maximum Gasteiger partial charge on any atom is 0.416 e. The molecule has 134 valence electrons. The number of hydrogen-bond acceptors (Lipinski definition) is 6. The summed E-state index contributed by atoms with van der Waals surface area (Å²) in [5.74, 6) is 0. The first-order chi connectivity index (χ1) is 11.0. The molecule has 0 aromatic heterocycles. The molecule has 2 unspecified atom stereocenters. The molecule has 0 aliphatic heterocycles. The van der Waals surface area contributed by atoms with Crippen molar-refractivity contribution in [1.29, 1.82) is 0 Å². The molecule has 0 aliphatic rings. The number of nitrogens with zero attached hydrogens (tertiary/aromatic N) is 2. The second-order valence-corrected chi connectivity index (χ2v) is 8.20. The fourth-order valence-electron chi connectivity index (χ4n) is 1.98. The third kappa shape index (κ3) is 5.32. The van der Waals surface area contributed by atoms with Gasteiger partial charge in [-0.25, -0.2) is 3.89 Å². The van der Waals surface area contributed by atoms with Crippen LogP contribution < -0.4 is 5.11 Å². The molecule has 0 bridgehead atoms. The van der Waals surface area contributed by atoms with Crippen molar-refractivity contribution in [2.45, 2.75) is 22.7 Å². The number of carbonyl (C=O) groups excluding carboxylic acids is 1. The van der Waals surface area contributed by atoms with Gasteiger partial charge in [0.1, 0.15) is 23.2 Å². The topological polar surface area (TPSA) is 72.7 Å². The van der Waals surface area contributed by atoms with Crippen LogP contribution in [0.5, 0.6) is 0 Å². The van der Waals surface area contributed by atoms with Crippen molar-refractivity contribution in [2.75, 3.05) is 19.8 Å². The molecule has 0 heterocycles. The molecule has 0 fully saturated rings. The van der Waals surface area contributed by atoms with Crippen LogP contribution in [-0.4, -0.2) is 46.0 Å². The quantitative estimate of drug-likeness (QED) is 0.269. The smallest absolute Gasteiger partial charge is 0.416 e. The predicted molar refractivity (Wildman–Crippen MR) is 85.9 cm³/mol. The summed E-state index contributed by atoms with van der Waals surface area (Å²) in [7, 11) is 1.32. The zero-order chi connectivity index (χ0) is 18.6. The number of benzene rings is 1. The van der Waals surface area contributed by atoms with Crippen LogP contribution in [0.15, 0.2) is 34.3 Å². The van der Waals surface area contributed by atoms with Gasteiger partial charge in [-0.1, -0.05) is 6.07 Å². The maximum absolute atomic E-state index is 12.8. The number of quaternary nitrogens is 1. The summed E-state index contributed by atoms with van der Waals surface area (Å²) in [6.07, 6.45) is -3.09. The normalized spacial score (nSPS) is 17.4. The number of halogens is 3. The van der Waals surface area contributed by atoms with E-state index in [9.17, 15) is 23.1 Å². The Bertz CT molecular complexity index is 628. The third-order valence-corrected chi connectivity index (χ3v) is 5.58. The second-order valence-electron chi connectivity index (χ2n) is 5.40. The number of alkyl halides is 3. The summed E-state index contributed by atoms with van der Waals surface area (Å²) in [4.78, 5) is 11.7.